The van der Waals surface area contributed by atoms with Gasteiger partial charge in [-0.3, -0.25) is 9.36 Å². The Labute approximate surface area is 145 Å². The molecule has 1 amide bonds. The summed E-state index contributed by atoms with van der Waals surface area (Å²) in [5, 5.41) is 3.02. The van der Waals surface area contributed by atoms with Crippen molar-refractivity contribution in [2.24, 2.45) is 5.92 Å². The van der Waals surface area contributed by atoms with Gasteiger partial charge in [-0.15, -0.1) is 0 Å². The van der Waals surface area contributed by atoms with Gasteiger partial charge in [0, 0.05) is 13.1 Å². The van der Waals surface area contributed by atoms with Crippen LogP contribution in [-0.4, -0.2) is 22.0 Å². The molecule has 1 fully saturated rings. The van der Waals surface area contributed by atoms with E-state index in [0.717, 1.165) is 29.4 Å². The van der Waals surface area contributed by atoms with Crippen LogP contribution in [0.25, 0.3) is 11.0 Å². The Balaban J connectivity index is 1.44. The highest BCUT2D eigenvalue weighted by atomic mass is 16.2. The maximum Gasteiger partial charge on any atom is 0.326 e. The van der Waals surface area contributed by atoms with Crippen molar-refractivity contribution in [2.75, 3.05) is 6.54 Å². The summed E-state index contributed by atoms with van der Waals surface area (Å²) in [7, 11) is 0. The summed E-state index contributed by atoms with van der Waals surface area (Å²) in [4.78, 5) is 27.6. The van der Waals surface area contributed by atoms with Crippen molar-refractivity contribution in [2.45, 2.75) is 25.3 Å². The van der Waals surface area contributed by atoms with Crippen molar-refractivity contribution < 1.29 is 4.79 Å². The maximum atomic E-state index is 12.7. The molecule has 2 N–H and O–H groups in total. The van der Waals surface area contributed by atoms with Gasteiger partial charge in [0.2, 0.25) is 5.91 Å². The van der Waals surface area contributed by atoms with Crippen LogP contribution in [0.2, 0.25) is 0 Å². The van der Waals surface area contributed by atoms with Gasteiger partial charge in [0.15, 0.2) is 0 Å². The van der Waals surface area contributed by atoms with E-state index in [2.05, 4.69) is 10.3 Å². The summed E-state index contributed by atoms with van der Waals surface area (Å²) in [5.41, 5.74) is 2.62. The molecule has 5 heteroatoms. The summed E-state index contributed by atoms with van der Waals surface area (Å²) < 4.78 is 1.67. The number of fused-ring (bicyclic) bond motifs is 1. The Morgan fingerprint density at radius 3 is 2.60 bits per heavy atom. The van der Waals surface area contributed by atoms with Crippen LogP contribution in [0.5, 0.6) is 0 Å². The number of benzene rings is 2. The Hall–Kier alpha value is -2.82. The quantitative estimate of drug-likeness (QED) is 0.727. The van der Waals surface area contributed by atoms with Gasteiger partial charge in [-0.2, -0.15) is 0 Å². The summed E-state index contributed by atoms with van der Waals surface area (Å²) in [6.45, 7) is 0.900. The Morgan fingerprint density at radius 2 is 1.84 bits per heavy atom. The molecule has 0 radical (unpaired) electrons. The second kappa shape index (κ2) is 6.59. The van der Waals surface area contributed by atoms with E-state index in [1.54, 1.807) is 4.57 Å². The highest BCUT2D eigenvalue weighted by Gasteiger charge is 2.36. The molecule has 25 heavy (non-hydrogen) atoms. The van der Waals surface area contributed by atoms with Gasteiger partial charge in [0.1, 0.15) is 0 Å². The van der Waals surface area contributed by atoms with Gasteiger partial charge >= 0.3 is 5.69 Å². The molecule has 1 heterocycles. The molecule has 4 rings (SSSR count). The molecule has 0 spiro atoms. The Kier molecular flexibility index (Phi) is 4.14. The number of amides is 1. The number of carbonyl (C=O) groups is 1. The van der Waals surface area contributed by atoms with Crippen molar-refractivity contribution >= 4 is 16.9 Å². The molecule has 3 aromatic rings. The maximum absolute atomic E-state index is 12.7. The van der Waals surface area contributed by atoms with Gasteiger partial charge in [-0.25, -0.2) is 4.79 Å². The standard InChI is InChI=1S/C20H21N3O2/c24-19(18(15-10-11-15)14-6-2-1-3-7-14)21-12-13-23-17-9-5-4-8-16(17)22-20(23)25/h1-9,15,18H,10-13H2,(H,21,24)(H,22,25). The van der Waals surface area contributed by atoms with E-state index < -0.39 is 0 Å². The molecule has 0 aliphatic heterocycles. The second-order valence-electron chi connectivity index (χ2n) is 6.62. The number of imidazole rings is 1. The fourth-order valence-corrected chi connectivity index (χ4v) is 3.46. The third kappa shape index (κ3) is 3.22. The molecule has 128 valence electrons. The third-order valence-corrected chi connectivity index (χ3v) is 4.85. The minimum atomic E-state index is -0.141. The third-order valence-electron chi connectivity index (χ3n) is 4.85. The predicted octanol–water partition coefficient (Wildman–Crippen LogP) is 2.64. The fraction of sp³-hybridized carbons (Fsp3) is 0.300. The lowest BCUT2D eigenvalue weighted by Gasteiger charge is -2.16. The molecule has 1 aromatic heterocycles. The van der Waals surface area contributed by atoms with Gasteiger partial charge in [-0.05, 0) is 36.5 Å². The van der Waals surface area contributed by atoms with Crippen LogP contribution in [0, 0.1) is 5.92 Å². The number of aromatic amines is 1. The average Bonchev–Trinajstić information content (AvgIpc) is 3.40. The monoisotopic (exact) mass is 335 g/mol. The van der Waals surface area contributed by atoms with Gasteiger partial charge in [-0.1, -0.05) is 42.5 Å². The SMILES string of the molecule is O=C(NCCn1c(=O)[nH]c2ccccc21)C(c1ccccc1)C1CC1. The van der Waals surface area contributed by atoms with E-state index in [4.69, 9.17) is 0 Å². The smallest absolute Gasteiger partial charge is 0.326 e. The molecular weight excluding hydrogens is 314 g/mol. The van der Waals surface area contributed by atoms with Gasteiger partial charge in [0.25, 0.3) is 0 Å². The predicted molar refractivity (Wildman–Crippen MR) is 97.5 cm³/mol. The topological polar surface area (TPSA) is 66.9 Å². The van der Waals surface area contributed by atoms with Crippen LogP contribution in [0.4, 0.5) is 0 Å². The van der Waals surface area contributed by atoms with Crippen LogP contribution >= 0.6 is 0 Å². The first-order valence-electron chi connectivity index (χ1n) is 8.74. The number of carbonyl (C=O) groups excluding carboxylic acids is 1. The van der Waals surface area contributed by atoms with E-state index in [1.165, 1.54) is 0 Å². The zero-order valence-corrected chi connectivity index (χ0v) is 13.9. The Bertz CT molecular complexity index is 938. The molecule has 2 aromatic carbocycles. The number of rotatable bonds is 6. The lowest BCUT2D eigenvalue weighted by atomic mass is 9.93. The van der Waals surface area contributed by atoms with E-state index in [-0.39, 0.29) is 17.5 Å². The van der Waals surface area contributed by atoms with Crippen LogP contribution in [0.1, 0.15) is 24.3 Å². The highest BCUT2D eigenvalue weighted by molar-refractivity contribution is 5.84. The highest BCUT2D eigenvalue weighted by Crippen LogP contribution is 2.42. The number of hydrogen-bond acceptors (Lipinski definition) is 2. The number of nitrogens with zero attached hydrogens (tertiary/aromatic N) is 1. The fourth-order valence-electron chi connectivity index (χ4n) is 3.46. The van der Waals surface area contributed by atoms with Gasteiger partial charge in [0.05, 0.1) is 17.0 Å². The van der Waals surface area contributed by atoms with E-state index in [0.29, 0.717) is 19.0 Å². The van der Waals surface area contributed by atoms with Crippen LogP contribution < -0.4 is 11.0 Å². The Morgan fingerprint density at radius 1 is 1.12 bits per heavy atom. The first kappa shape index (κ1) is 15.7. The molecule has 5 nitrogen and oxygen atoms in total. The van der Waals surface area contributed by atoms with Crippen molar-refractivity contribution in [1.29, 1.82) is 0 Å². The van der Waals surface area contributed by atoms with Crippen LogP contribution in [0.3, 0.4) is 0 Å². The number of nitrogens with one attached hydrogen (secondary N) is 2. The molecule has 1 atom stereocenters. The minimum absolute atomic E-state index is 0.0570. The van der Waals surface area contributed by atoms with Crippen molar-refractivity contribution in [3.05, 3.63) is 70.6 Å². The largest absolute Gasteiger partial charge is 0.354 e. The zero-order chi connectivity index (χ0) is 17.2. The van der Waals surface area contributed by atoms with E-state index >= 15 is 0 Å². The lowest BCUT2D eigenvalue weighted by Crippen LogP contribution is -2.34. The van der Waals surface area contributed by atoms with E-state index in [9.17, 15) is 9.59 Å². The minimum Gasteiger partial charge on any atom is -0.354 e. The molecule has 1 saturated carbocycles. The molecule has 0 saturated heterocycles. The molecule has 0 bridgehead atoms. The number of hydrogen-bond donors (Lipinski definition) is 2. The summed E-state index contributed by atoms with van der Waals surface area (Å²) in [6.07, 6.45) is 2.21. The van der Waals surface area contributed by atoms with Crippen LogP contribution in [-0.2, 0) is 11.3 Å². The van der Waals surface area contributed by atoms with Crippen molar-refractivity contribution in [3.8, 4) is 0 Å². The number of aromatic nitrogens is 2. The van der Waals surface area contributed by atoms with Crippen molar-refractivity contribution in [3.63, 3.8) is 0 Å². The summed E-state index contributed by atoms with van der Waals surface area (Å²) >= 11 is 0. The first-order chi connectivity index (χ1) is 12.2. The lowest BCUT2D eigenvalue weighted by molar-refractivity contribution is -0.123. The average molecular weight is 335 g/mol. The normalized spacial score (nSPS) is 15.2. The zero-order valence-electron chi connectivity index (χ0n) is 13.9. The van der Waals surface area contributed by atoms with E-state index in [1.807, 2.05) is 54.6 Å². The second-order valence-corrected chi connectivity index (χ2v) is 6.62. The first-order valence-corrected chi connectivity index (χ1v) is 8.74. The van der Waals surface area contributed by atoms with Gasteiger partial charge < -0.3 is 10.3 Å². The molecular formula is C20H21N3O2. The van der Waals surface area contributed by atoms with Crippen LogP contribution in [0.15, 0.2) is 59.4 Å². The number of H-pyrrole nitrogens is 1. The molecule has 1 aliphatic carbocycles. The molecule has 1 unspecified atom stereocenters. The summed E-state index contributed by atoms with van der Waals surface area (Å²) in [5.74, 6) is 0.417. The number of para-hydroxylation sites is 2. The summed E-state index contributed by atoms with van der Waals surface area (Å²) in [6, 6.07) is 17.5. The molecule has 1 aliphatic rings. The van der Waals surface area contributed by atoms with Crippen molar-refractivity contribution in [1.82, 2.24) is 14.9 Å².